The first kappa shape index (κ1) is 32.6. The van der Waals surface area contributed by atoms with Crippen LogP contribution in [0.4, 0.5) is 13.2 Å². The third-order valence-electron chi connectivity index (χ3n) is 6.78. The first-order valence-electron chi connectivity index (χ1n) is 13.8. The standard InChI is InChI=1S/C31H37F3N6OS/c1-21(2)15-37-30(42)39(18-25-7-5-6-8-27(25)31(32,33)34)19-28(22(3)4)38-29(41)13-26-16-36-20-40(26)17-24-11-9-23(14-35)10-12-24/h5-12,16,20-22,28H,13,15,17-19H2,1-4H3,(H,37,42)(H,38,41)/t28-/m1/s1. The summed E-state index contributed by atoms with van der Waals surface area (Å²) in [7, 11) is 0. The number of nitrogens with one attached hydrogen (secondary N) is 2. The molecule has 11 heteroatoms. The molecule has 0 saturated carbocycles. The lowest BCUT2D eigenvalue weighted by atomic mass is 10.0. The third kappa shape index (κ3) is 9.58. The van der Waals surface area contributed by atoms with Crippen LogP contribution >= 0.6 is 12.2 Å². The van der Waals surface area contributed by atoms with E-state index in [9.17, 15) is 18.0 Å². The number of rotatable bonds is 12. The van der Waals surface area contributed by atoms with Crippen LogP contribution in [0.1, 0.15) is 55.6 Å². The van der Waals surface area contributed by atoms with Crippen molar-refractivity contribution in [2.24, 2.45) is 11.8 Å². The number of aromatic nitrogens is 2. The van der Waals surface area contributed by atoms with Gasteiger partial charge in [0.1, 0.15) is 0 Å². The fourth-order valence-electron chi connectivity index (χ4n) is 4.36. The van der Waals surface area contributed by atoms with E-state index in [4.69, 9.17) is 17.5 Å². The molecular formula is C31H37F3N6OS. The molecule has 0 radical (unpaired) electrons. The Morgan fingerprint density at radius 2 is 1.81 bits per heavy atom. The van der Waals surface area contributed by atoms with Crippen molar-refractivity contribution in [3.8, 4) is 6.07 Å². The number of nitrogens with zero attached hydrogens (tertiary/aromatic N) is 4. The van der Waals surface area contributed by atoms with Crippen molar-refractivity contribution in [1.82, 2.24) is 25.1 Å². The van der Waals surface area contributed by atoms with E-state index in [1.807, 2.05) is 44.4 Å². The first-order valence-corrected chi connectivity index (χ1v) is 14.2. The fourth-order valence-corrected chi connectivity index (χ4v) is 4.59. The molecule has 1 amide bonds. The fraction of sp³-hybridized carbons (Fsp3) is 0.419. The summed E-state index contributed by atoms with van der Waals surface area (Å²) in [4.78, 5) is 19.1. The molecular weight excluding hydrogens is 561 g/mol. The minimum absolute atomic E-state index is 0.0224. The first-order chi connectivity index (χ1) is 19.9. The second-order valence-corrected chi connectivity index (χ2v) is 11.4. The predicted molar refractivity (Wildman–Crippen MR) is 160 cm³/mol. The molecule has 0 fully saturated rings. The molecule has 3 aromatic rings. The lowest BCUT2D eigenvalue weighted by Gasteiger charge is -2.33. The highest BCUT2D eigenvalue weighted by molar-refractivity contribution is 7.80. The number of thiocarbonyl (C=S) groups is 1. The molecule has 224 valence electrons. The number of imidazole rings is 1. The quantitative estimate of drug-likeness (QED) is 0.267. The van der Waals surface area contributed by atoms with Gasteiger partial charge in [0.25, 0.3) is 0 Å². The molecule has 0 aliphatic rings. The lowest BCUT2D eigenvalue weighted by molar-refractivity contribution is -0.138. The number of carbonyl (C=O) groups excluding carboxylic acids is 1. The van der Waals surface area contributed by atoms with Gasteiger partial charge in [-0.2, -0.15) is 18.4 Å². The van der Waals surface area contributed by atoms with E-state index in [0.29, 0.717) is 29.5 Å². The summed E-state index contributed by atoms with van der Waals surface area (Å²) in [5.41, 5.74) is 1.65. The molecule has 0 saturated heterocycles. The Labute approximate surface area is 250 Å². The molecule has 1 aromatic heterocycles. The van der Waals surface area contributed by atoms with Gasteiger partial charge in [-0.1, -0.05) is 58.0 Å². The molecule has 2 aromatic carbocycles. The Kier molecular flexibility index (Phi) is 11.5. The summed E-state index contributed by atoms with van der Waals surface area (Å²) in [5.74, 6) is 0.0275. The highest BCUT2D eigenvalue weighted by Gasteiger charge is 2.34. The van der Waals surface area contributed by atoms with Gasteiger partial charge in [0.2, 0.25) is 5.91 Å². The SMILES string of the molecule is CC(C)CNC(=S)N(Cc1ccccc1C(F)(F)F)C[C@@H](NC(=O)Cc1cncn1Cc1ccc(C#N)cc1)C(C)C. The van der Waals surface area contributed by atoms with E-state index in [1.165, 1.54) is 12.1 Å². The minimum Gasteiger partial charge on any atom is -0.362 e. The van der Waals surface area contributed by atoms with Crippen molar-refractivity contribution in [2.45, 2.75) is 59.4 Å². The van der Waals surface area contributed by atoms with E-state index in [2.05, 4.69) is 21.7 Å². The molecule has 7 nitrogen and oxygen atoms in total. The number of nitriles is 1. The second-order valence-electron chi connectivity index (χ2n) is 11.0. The molecule has 0 spiro atoms. The monoisotopic (exact) mass is 598 g/mol. The number of amides is 1. The zero-order valence-electron chi connectivity index (χ0n) is 24.3. The van der Waals surface area contributed by atoms with Crippen LogP contribution in [0.3, 0.4) is 0 Å². The number of carbonyl (C=O) groups is 1. The summed E-state index contributed by atoms with van der Waals surface area (Å²) in [5, 5.41) is 15.6. The summed E-state index contributed by atoms with van der Waals surface area (Å²) < 4.78 is 43.1. The normalized spacial score (nSPS) is 12.2. The van der Waals surface area contributed by atoms with Crippen LogP contribution in [0, 0.1) is 23.2 Å². The second kappa shape index (κ2) is 14.8. The van der Waals surface area contributed by atoms with Crippen molar-refractivity contribution in [3.05, 3.63) is 89.0 Å². The third-order valence-corrected chi connectivity index (χ3v) is 7.18. The van der Waals surface area contributed by atoms with Gasteiger partial charge in [0.05, 0.1) is 29.9 Å². The molecule has 0 aliphatic carbocycles. The van der Waals surface area contributed by atoms with Crippen molar-refractivity contribution >= 4 is 23.2 Å². The molecule has 1 heterocycles. The summed E-state index contributed by atoms with van der Waals surface area (Å²) in [6, 6.07) is 14.4. The number of benzene rings is 2. The van der Waals surface area contributed by atoms with Crippen LogP contribution in [-0.2, 0) is 30.5 Å². The van der Waals surface area contributed by atoms with Gasteiger partial charge in [-0.15, -0.1) is 0 Å². The number of hydrogen-bond acceptors (Lipinski definition) is 4. The van der Waals surface area contributed by atoms with E-state index in [-0.39, 0.29) is 48.9 Å². The molecule has 2 N–H and O–H groups in total. The van der Waals surface area contributed by atoms with Gasteiger partial charge in [0, 0.05) is 44.1 Å². The molecule has 0 aliphatic heterocycles. The van der Waals surface area contributed by atoms with Crippen LogP contribution in [0.5, 0.6) is 0 Å². The molecule has 3 rings (SSSR count). The molecule has 42 heavy (non-hydrogen) atoms. The van der Waals surface area contributed by atoms with Crippen molar-refractivity contribution < 1.29 is 18.0 Å². The number of hydrogen-bond donors (Lipinski definition) is 2. The van der Waals surface area contributed by atoms with Crippen LogP contribution in [0.15, 0.2) is 61.1 Å². The van der Waals surface area contributed by atoms with E-state index in [0.717, 1.165) is 11.6 Å². The Bertz CT molecular complexity index is 1380. The Morgan fingerprint density at radius 3 is 2.43 bits per heavy atom. The zero-order valence-corrected chi connectivity index (χ0v) is 25.1. The average molecular weight is 599 g/mol. The van der Waals surface area contributed by atoms with E-state index >= 15 is 0 Å². The lowest BCUT2D eigenvalue weighted by Crippen LogP contribution is -2.51. The van der Waals surface area contributed by atoms with Crippen LogP contribution in [-0.4, -0.2) is 44.6 Å². The summed E-state index contributed by atoms with van der Waals surface area (Å²) >= 11 is 5.63. The van der Waals surface area contributed by atoms with Crippen molar-refractivity contribution in [3.63, 3.8) is 0 Å². The topological polar surface area (TPSA) is 86.0 Å². The largest absolute Gasteiger partial charge is 0.416 e. The average Bonchev–Trinajstić information content (AvgIpc) is 3.36. The zero-order chi connectivity index (χ0) is 30.9. The Hall–Kier alpha value is -3.91. The molecule has 0 unspecified atom stereocenters. The van der Waals surface area contributed by atoms with Crippen LogP contribution in [0.25, 0.3) is 0 Å². The van der Waals surface area contributed by atoms with E-state index in [1.54, 1.807) is 35.6 Å². The number of alkyl halides is 3. The van der Waals surface area contributed by atoms with Crippen LogP contribution in [0.2, 0.25) is 0 Å². The van der Waals surface area contributed by atoms with Gasteiger partial charge in [0.15, 0.2) is 5.11 Å². The van der Waals surface area contributed by atoms with Gasteiger partial charge in [-0.3, -0.25) is 4.79 Å². The van der Waals surface area contributed by atoms with Crippen molar-refractivity contribution in [2.75, 3.05) is 13.1 Å². The maximum absolute atomic E-state index is 13.8. The Morgan fingerprint density at radius 1 is 1.12 bits per heavy atom. The van der Waals surface area contributed by atoms with Crippen LogP contribution < -0.4 is 10.6 Å². The van der Waals surface area contributed by atoms with E-state index < -0.39 is 11.7 Å². The molecule has 0 bridgehead atoms. The molecule has 1 atom stereocenters. The maximum Gasteiger partial charge on any atom is 0.416 e. The smallest absolute Gasteiger partial charge is 0.362 e. The summed E-state index contributed by atoms with van der Waals surface area (Å²) in [6.07, 6.45) is -1.13. The van der Waals surface area contributed by atoms with Gasteiger partial charge in [-0.25, -0.2) is 4.98 Å². The van der Waals surface area contributed by atoms with Gasteiger partial charge < -0.3 is 20.1 Å². The maximum atomic E-state index is 13.8. The van der Waals surface area contributed by atoms with Gasteiger partial charge in [-0.05, 0) is 53.4 Å². The predicted octanol–water partition coefficient (Wildman–Crippen LogP) is 5.54. The number of halogens is 3. The highest BCUT2D eigenvalue weighted by Crippen LogP contribution is 2.32. The highest BCUT2D eigenvalue weighted by atomic mass is 32.1. The van der Waals surface area contributed by atoms with Gasteiger partial charge >= 0.3 is 6.18 Å². The minimum atomic E-state index is -4.50. The summed E-state index contributed by atoms with van der Waals surface area (Å²) in [6.45, 7) is 9.16. The Balaban J connectivity index is 1.75. The van der Waals surface area contributed by atoms with Crippen molar-refractivity contribution in [1.29, 1.82) is 5.26 Å².